The van der Waals surface area contributed by atoms with E-state index >= 15 is 0 Å². The molecule has 8 heteroatoms. The largest absolute Gasteiger partial charge is 1.00 e. The van der Waals surface area contributed by atoms with Crippen molar-refractivity contribution in [3.05, 3.63) is 43.2 Å². The molecule has 0 radical (unpaired) electrons. The molecule has 0 amide bonds. The van der Waals surface area contributed by atoms with E-state index in [4.69, 9.17) is 4.42 Å². The third kappa shape index (κ3) is 2.52. The maximum absolute atomic E-state index is 11.2. The molecule has 84 valence electrons. The first-order valence-corrected chi connectivity index (χ1v) is 4.89. The first-order chi connectivity index (χ1) is 7.50. The molecular weight excluding hydrogens is 305 g/mol. The number of rotatable bonds is 1. The van der Waals surface area contributed by atoms with Gasteiger partial charge in [-0.3, -0.25) is 10.1 Å². The number of aromatic hydroxyl groups is 1. The Labute approximate surface area is 126 Å². The Bertz CT molecular complexity index is 659. The zero-order chi connectivity index (χ0) is 11.9. The normalized spacial score (nSPS) is 9.94. The van der Waals surface area contributed by atoms with Crippen LogP contribution >= 0.6 is 15.9 Å². The van der Waals surface area contributed by atoms with Crippen LogP contribution in [0.25, 0.3) is 11.0 Å². The van der Waals surface area contributed by atoms with Gasteiger partial charge >= 0.3 is 40.9 Å². The summed E-state index contributed by atoms with van der Waals surface area (Å²) < 4.78 is 5.36. The number of hydrogen-bond acceptors (Lipinski definition) is 5. The van der Waals surface area contributed by atoms with E-state index in [1.54, 1.807) is 6.07 Å². The molecule has 2 aromatic rings. The molecule has 1 N–H and O–H groups in total. The van der Waals surface area contributed by atoms with Crippen LogP contribution in [0.15, 0.2) is 31.9 Å². The molecule has 0 unspecified atom stereocenters. The van der Waals surface area contributed by atoms with Gasteiger partial charge < -0.3 is 11.0 Å². The van der Waals surface area contributed by atoms with Gasteiger partial charge in [-0.15, -0.1) is 0 Å². The Kier molecular flexibility index (Phi) is 4.31. The van der Waals surface area contributed by atoms with Crippen molar-refractivity contribution in [3.8, 4) is 5.75 Å². The third-order valence-electron chi connectivity index (χ3n) is 2.00. The quantitative estimate of drug-likeness (QED) is 0.325. The monoisotopic (exact) mass is 309 g/mol. The van der Waals surface area contributed by atoms with Crippen LogP contribution in [0, 0.1) is 10.1 Å². The molecule has 0 saturated carbocycles. The van der Waals surface area contributed by atoms with Gasteiger partial charge in [0.15, 0.2) is 0 Å². The second kappa shape index (κ2) is 5.18. The molecule has 1 heterocycles. The van der Waals surface area contributed by atoms with Crippen molar-refractivity contribution in [1.82, 2.24) is 0 Å². The van der Waals surface area contributed by atoms with Gasteiger partial charge in [-0.1, -0.05) is 15.9 Å². The van der Waals surface area contributed by atoms with E-state index in [-0.39, 0.29) is 42.0 Å². The molecule has 0 saturated heterocycles. The molecule has 0 fully saturated rings. The minimum absolute atomic E-state index is 0. The van der Waals surface area contributed by atoms with Crippen molar-refractivity contribution >= 4 is 32.6 Å². The van der Waals surface area contributed by atoms with Crippen molar-refractivity contribution < 1.29 is 45.4 Å². The molecule has 0 aliphatic carbocycles. The molecule has 0 aliphatic heterocycles. The van der Waals surface area contributed by atoms with Crippen LogP contribution in [0.4, 0.5) is 5.69 Å². The van der Waals surface area contributed by atoms with Gasteiger partial charge in [0, 0.05) is 4.47 Å². The van der Waals surface area contributed by atoms with Crippen molar-refractivity contribution in [2.24, 2.45) is 0 Å². The van der Waals surface area contributed by atoms with Crippen molar-refractivity contribution in [3.63, 3.8) is 0 Å². The van der Waals surface area contributed by atoms with Crippen LogP contribution in [0.5, 0.6) is 5.75 Å². The van der Waals surface area contributed by atoms with Crippen LogP contribution in [-0.4, -0.2) is 10.0 Å². The Morgan fingerprint density at radius 1 is 1.47 bits per heavy atom. The van der Waals surface area contributed by atoms with E-state index in [2.05, 4.69) is 15.9 Å². The fourth-order valence-corrected chi connectivity index (χ4v) is 1.65. The number of benzene rings is 1. The third-order valence-corrected chi connectivity index (χ3v) is 2.49. The molecule has 1 aromatic carbocycles. The van der Waals surface area contributed by atoms with Crippen molar-refractivity contribution in [1.29, 1.82) is 0 Å². The van der Waals surface area contributed by atoms with Crippen molar-refractivity contribution in [2.45, 2.75) is 0 Å². The maximum atomic E-state index is 11.2. The fraction of sp³-hybridized carbons (Fsp3) is 0. The molecule has 17 heavy (non-hydrogen) atoms. The summed E-state index contributed by atoms with van der Waals surface area (Å²) in [6.45, 7) is 0. The molecule has 0 spiro atoms. The standard InChI is InChI=1S/C9H4BrNO5.Na.H/c10-4-1-2-5-6(3-4)16-9(13)7(8(5)12)11(14)15;;/h1-3,12H;;/q;+1;-1. The topological polar surface area (TPSA) is 93.6 Å². The SMILES string of the molecule is O=c1oc2cc(Br)ccc2c(O)c1[N+](=O)[O-].[H-].[Na+]. The molecule has 1 aromatic heterocycles. The van der Waals surface area contributed by atoms with E-state index in [9.17, 15) is 20.0 Å². The van der Waals surface area contributed by atoms with Gasteiger partial charge in [-0.25, -0.2) is 4.79 Å². The van der Waals surface area contributed by atoms with Gasteiger partial charge in [0.2, 0.25) is 5.75 Å². The van der Waals surface area contributed by atoms with E-state index in [1.807, 2.05) is 0 Å². The summed E-state index contributed by atoms with van der Waals surface area (Å²) in [5.74, 6) is -0.677. The van der Waals surface area contributed by atoms with Gasteiger partial charge in [-0.05, 0) is 18.2 Å². The number of fused-ring (bicyclic) bond motifs is 1. The zero-order valence-corrected chi connectivity index (χ0v) is 12.2. The van der Waals surface area contributed by atoms with Gasteiger partial charge in [-0.2, -0.15) is 0 Å². The second-order valence-corrected chi connectivity index (χ2v) is 3.90. The number of hydrogen-bond donors (Lipinski definition) is 1. The number of halogens is 1. The molecule has 2 rings (SSSR count). The summed E-state index contributed by atoms with van der Waals surface area (Å²) in [4.78, 5) is 20.8. The summed E-state index contributed by atoms with van der Waals surface area (Å²) >= 11 is 3.15. The van der Waals surface area contributed by atoms with Crippen LogP contribution in [0.2, 0.25) is 0 Å². The van der Waals surface area contributed by atoms with E-state index in [1.165, 1.54) is 12.1 Å². The Morgan fingerprint density at radius 2 is 2.12 bits per heavy atom. The Morgan fingerprint density at radius 3 is 2.71 bits per heavy atom. The van der Waals surface area contributed by atoms with Gasteiger partial charge in [0.25, 0.3) is 0 Å². The fourth-order valence-electron chi connectivity index (χ4n) is 1.31. The first-order valence-electron chi connectivity index (χ1n) is 4.10. The van der Waals surface area contributed by atoms with Crippen molar-refractivity contribution in [2.75, 3.05) is 0 Å². The first kappa shape index (κ1) is 14.2. The van der Waals surface area contributed by atoms with E-state index < -0.39 is 22.0 Å². The minimum atomic E-state index is -1.17. The Hall–Kier alpha value is -0.890. The average molecular weight is 310 g/mol. The number of nitrogens with zero attached hydrogens (tertiary/aromatic N) is 1. The maximum Gasteiger partial charge on any atom is 1.00 e. The summed E-state index contributed by atoms with van der Waals surface area (Å²) in [5.41, 5.74) is -2.04. The van der Waals surface area contributed by atoms with Crippen LogP contribution in [0.1, 0.15) is 1.43 Å². The zero-order valence-electron chi connectivity index (χ0n) is 9.64. The molecule has 0 atom stereocenters. The summed E-state index contributed by atoms with van der Waals surface area (Å²) in [5, 5.41) is 20.2. The second-order valence-electron chi connectivity index (χ2n) is 2.98. The molecule has 0 bridgehead atoms. The minimum Gasteiger partial charge on any atom is -1.00 e. The summed E-state index contributed by atoms with van der Waals surface area (Å²) in [6, 6.07) is 4.44. The van der Waals surface area contributed by atoms with Crippen LogP contribution in [0.3, 0.4) is 0 Å². The van der Waals surface area contributed by atoms with Gasteiger partial charge in [0.1, 0.15) is 5.58 Å². The average Bonchev–Trinajstić information content (AvgIpc) is 2.15. The predicted molar refractivity (Wildman–Crippen MR) is 59.6 cm³/mol. The number of nitro groups is 1. The van der Waals surface area contributed by atoms with Gasteiger partial charge in [0.05, 0.1) is 10.3 Å². The Balaban J connectivity index is 0.00000144. The summed E-state index contributed by atoms with van der Waals surface area (Å²) in [6.07, 6.45) is 0. The molecular formula is C9H5BrNNaO5. The van der Waals surface area contributed by atoms with E-state index in [0.29, 0.717) is 4.47 Å². The predicted octanol–water partition coefficient (Wildman–Crippen LogP) is -0.714. The smallest absolute Gasteiger partial charge is 1.00 e. The van der Waals surface area contributed by atoms with Crippen LogP contribution in [-0.2, 0) is 0 Å². The van der Waals surface area contributed by atoms with Crippen LogP contribution < -0.4 is 35.2 Å². The molecule has 0 aliphatic rings. The van der Waals surface area contributed by atoms with E-state index in [0.717, 1.165) is 0 Å². The summed E-state index contributed by atoms with van der Waals surface area (Å²) in [7, 11) is 0. The molecule has 6 nitrogen and oxygen atoms in total.